The van der Waals surface area contributed by atoms with E-state index in [4.69, 9.17) is 0 Å². The van der Waals surface area contributed by atoms with E-state index in [-0.39, 0.29) is 0 Å². The van der Waals surface area contributed by atoms with E-state index < -0.39 is 0 Å². The Labute approximate surface area is 85.0 Å². The molecule has 4 heteroatoms. The number of fused-ring (bicyclic) bond motifs is 1. The Bertz CT molecular complexity index is 539. The molecule has 0 N–H and O–H groups in total. The number of amidine groups is 1. The van der Waals surface area contributed by atoms with Crippen LogP contribution in [0.15, 0.2) is 41.7 Å². The molecule has 0 saturated carbocycles. The lowest BCUT2D eigenvalue weighted by atomic mass is 10.2. The molecule has 3 rings (SSSR count). The number of rotatable bonds is 1. The van der Waals surface area contributed by atoms with Gasteiger partial charge < -0.3 is 0 Å². The molecule has 0 saturated heterocycles. The molecule has 2 heterocycles. The molecule has 67 valence electrons. The number of nitrogens with zero attached hydrogens (tertiary/aromatic N) is 3. The van der Waals surface area contributed by atoms with E-state index in [2.05, 4.69) is 20.7 Å². The second-order valence-corrected chi connectivity index (χ2v) is 3.71. The van der Waals surface area contributed by atoms with Crippen molar-refractivity contribution < 1.29 is 0 Å². The van der Waals surface area contributed by atoms with Gasteiger partial charge in [-0.3, -0.25) is 0 Å². The molecule has 0 unspecified atom stereocenters. The Morgan fingerprint density at radius 3 is 2.86 bits per heavy atom. The average Bonchev–Trinajstić information content (AvgIpc) is 2.85. The number of aliphatic imine (C=N–C) groups is 1. The van der Waals surface area contributed by atoms with E-state index in [1.54, 1.807) is 12.4 Å². The summed E-state index contributed by atoms with van der Waals surface area (Å²) in [6, 6.07) is 8.11. The number of benzene rings is 1. The van der Waals surface area contributed by atoms with Gasteiger partial charge in [-0.1, -0.05) is 18.2 Å². The molecule has 14 heavy (non-hydrogen) atoms. The summed E-state index contributed by atoms with van der Waals surface area (Å²) in [5.74, 6) is 0.711. The molecule has 0 atom stereocenters. The zero-order chi connectivity index (χ0) is 9.38. The van der Waals surface area contributed by atoms with Crippen molar-refractivity contribution in [3.63, 3.8) is 0 Å². The minimum Gasteiger partial charge on any atom is -0.234 e. The van der Waals surface area contributed by atoms with Crippen LogP contribution in [0.5, 0.6) is 0 Å². The van der Waals surface area contributed by atoms with Gasteiger partial charge in [-0.15, -0.1) is 0 Å². The van der Waals surface area contributed by atoms with Crippen LogP contribution in [0.2, 0.25) is 0 Å². The van der Waals surface area contributed by atoms with Crippen LogP contribution in [-0.4, -0.2) is 10.2 Å². The summed E-state index contributed by atoms with van der Waals surface area (Å²) in [5, 5.41) is 5.27. The summed E-state index contributed by atoms with van der Waals surface area (Å²) in [6.45, 7) is 0. The van der Waals surface area contributed by atoms with E-state index in [1.165, 1.54) is 16.2 Å². The lowest BCUT2D eigenvalue weighted by molar-refractivity contribution is 1.27. The van der Waals surface area contributed by atoms with Crippen molar-refractivity contribution in [3.05, 3.63) is 42.4 Å². The first kappa shape index (κ1) is 7.70. The topological polar surface area (TPSA) is 39.4 Å². The molecule has 0 fully saturated rings. The molecule has 1 radical (unpaired) electrons. The van der Waals surface area contributed by atoms with Gasteiger partial charge >= 0.3 is 0 Å². The smallest absolute Gasteiger partial charge is 0.179 e. The Hall–Kier alpha value is -1.68. The molecule has 0 aliphatic carbocycles. The fourth-order valence-electron chi connectivity index (χ4n) is 1.41. The summed E-state index contributed by atoms with van der Waals surface area (Å²) >= 11 is 1.48. The second-order valence-electron chi connectivity index (χ2n) is 2.91. The first-order valence-electron chi connectivity index (χ1n) is 4.23. The van der Waals surface area contributed by atoms with Gasteiger partial charge in [0.05, 0.1) is 4.70 Å². The van der Waals surface area contributed by atoms with E-state index in [0.717, 1.165) is 11.1 Å². The zero-order valence-corrected chi connectivity index (χ0v) is 8.03. The summed E-state index contributed by atoms with van der Waals surface area (Å²) in [5.41, 5.74) is 0.885. The van der Waals surface area contributed by atoms with Gasteiger partial charge in [0.15, 0.2) is 5.84 Å². The maximum absolute atomic E-state index is 4.35. The third-order valence-corrected chi connectivity index (χ3v) is 2.88. The van der Waals surface area contributed by atoms with E-state index in [9.17, 15) is 0 Å². The van der Waals surface area contributed by atoms with E-state index >= 15 is 0 Å². The quantitative estimate of drug-likeness (QED) is 0.695. The van der Waals surface area contributed by atoms with E-state index in [0.29, 0.717) is 5.84 Å². The lowest BCUT2D eigenvalue weighted by Gasteiger charge is -1.94. The molecule has 0 bridgehead atoms. The van der Waals surface area contributed by atoms with Crippen LogP contribution < -0.4 is 5.32 Å². The van der Waals surface area contributed by atoms with Crippen LogP contribution in [0.1, 0.15) is 5.69 Å². The van der Waals surface area contributed by atoms with Gasteiger partial charge in [0, 0.05) is 17.8 Å². The molecular weight excluding hydrogens is 194 g/mol. The Morgan fingerprint density at radius 1 is 1.07 bits per heavy atom. The first-order chi connectivity index (χ1) is 6.95. The summed E-state index contributed by atoms with van der Waals surface area (Å²) in [4.78, 5) is 4.14. The average molecular weight is 200 g/mol. The minimum absolute atomic E-state index is 0.711. The third-order valence-electron chi connectivity index (χ3n) is 2.05. The monoisotopic (exact) mass is 200 g/mol. The normalized spacial score (nSPS) is 14.4. The largest absolute Gasteiger partial charge is 0.234 e. The maximum atomic E-state index is 4.35. The van der Waals surface area contributed by atoms with Crippen LogP contribution in [0, 0.1) is 0 Å². The standard InChI is InChI=1S/C10H6N3S/c1-2-4-8-7(3-1)9(13-14-8)10-11-5-6-12-10/h1-6H. The minimum atomic E-state index is 0.711. The molecule has 0 amide bonds. The van der Waals surface area contributed by atoms with E-state index in [1.807, 2.05) is 18.2 Å². The predicted octanol–water partition coefficient (Wildman–Crippen LogP) is 2.13. The van der Waals surface area contributed by atoms with Crippen LogP contribution >= 0.6 is 11.5 Å². The Balaban J connectivity index is 2.22. The first-order valence-corrected chi connectivity index (χ1v) is 5.01. The van der Waals surface area contributed by atoms with Crippen molar-refractivity contribution in [1.82, 2.24) is 9.69 Å². The Morgan fingerprint density at radius 2 is 2.00 bits per heavy atom. The summed E-state index contributed by atoms with van der Waals surface area (Å²) < 4.78 is 5.53. The van der Waals surface area contributed by atoms with Crippen LogP contribution in [0.25, 0.3) is 10.1 Å². The van der Waals surface area contributed by atoms with Crippen LogP contribution in [-0.2, 0) is 0 Å². The Kier molecular flexibility index (Phi) is 1.61. The van der Waals surface area contributed by atoms with Crippen molar-refractivity contribution in [1.29, 1.82) is 0 Å². The summed E-state index contributed by atoms with van der Waals surface area (Å²) in [6.07, 6.45) is 3.37. The number of hydrogen-bond donors (Lipinski definition) is 0. The highest BCUT2D eigenvalue weighted by atomic mass is 32.1. The van der Waals surface area contributed by atoms with Gasteiger partial charge in [-0.25, -0.2) is 10.3 Å². The van der Waals surface area contributed by atoms with Gasteiger partial charge in [0.1, 0.15) is 5.69 Å². The summed E-state index contributed by atoms with van der Waals surface area (Å²) in [7, 11) is 0. The molecule has 0 spiro atoms. The lowest BCUT2D eigenvalue weighted by Crippen LogP contribution is -2.08. The fraction of sp³-hybridized carbons (Fsp3) is 0. The van der Waals surface area contributed by atoms with Crippen molar-refractivity contribution in [2.45, 2.75) is 0 Å². The van der Waals surface area contributed by atoms with Crippen LogP contribution in [0.3, 0.4) is 0 Å². The van der Waals surface area contributed by atoms with Crippen molar-refractivity contribution in [2.24, 2.45) is 4.99 Å². The van der Waals surface area contributed by atoms with Gasteiger partial charge in [0.25, 0.3) is 0 Å². The fourth-order valence-corrected chi connectivity index (χ4v) is 2.18. The van der Waals surface area contributed by atoms with Crippen LogP contribution in [0.4, 0.5) is 0 Å². The number of aromatic nitrogens is 1. The third kappa shape index (κ3) is 1.04. The second kappa shape index (κ2) is 2.92. The molecular formula is C10H6N3S. The molecule has 2 aromatic rings. The highest BCUT2D eigenvalue weighted by Crippen LogP contribution is 2.23. The van der Waals surface area contributed by atoms with Crippen molar-refractivity contribution in [3.8, 4) is 0 Å². The maximum Gasteiger partial charge on any atom is 0.179 e. The number of hydrogen-bond acceptors (Lipinski definition) is 3. The van der Waals surface area contributed by atoms with Crippen molar-refractivity contribution in [2.75, 3.05) is 0 Å². The highest BCUT2D eigenvalue weighted by molar-refractivity contribution is 7.13. The molecule has 1 aliphatic heterocycles. The van der Waals surface area contributed by atoms with Gasteiger partial charge in [-0.05, 0) is 17.6 Å². The SMILES string of the molecule is C1=CN=C(c2nsc3ccccc23)[N]1. The molecule has 1 aromatic heterocycles. The van der Waals surface area contributed by atoms with Crippen molar-refractivity contribution >= 4 is 27.5 Å². The zero-order valence-electron chi connectivity index (χ0n) is 7.21. The molecule has 3 nitrogen and oxygen atoms in total. The highest BCUT2D eigenvalue weighted by Gasteiger charge is 2.13. The molecule has 1 aliphatic rings. The molecule has 1 aromatic carbocycles. The predicted molar refractivity (Wildman–Crippen MR) is 57.4 cm³/mol. The van der Waals surface area contributed by atoms with Gasteiger partial charge in [-0.2, -0.15) is 4.37 Å². The van der Waals surface area contributed by atoms with Gasteiger partial charge in [0.2, 0.25) is 0 Å².